The number of benzene rings is 2. The van der Waals surface area contributed by atoms with Crippen LogP contribution in [0, 0.1) is 0 Å². The van der Waals surface area contributed by atoms with Crippen LogP contribution in [0.2, 0.25) is 0 Å². The summed E-state index contributed by atoms with van der Waals surface area (Å²) < 4.78 is 6.50. The second-order valence-corrected chi connectivity index (χ2v) is 6.29. The summed E-state index contributed by atoms with van der Waals surface area (Å²) >= 11 is 3.33. The first-order chi connectivity index (χ1) is 11.9. The van der Waals surface area contributed by atoms with Crippen LogP contribution in [0.3, 0.4) is 0 Å². The Kier molecular flexibility index (Phi) is 4.71. The Labute approximate surface area is 150 Å². The van der Waals surface area contributed by atoms with Gasteiger partial charge in [0.05, 0.1) is 11.0 Å². The number of hydrogen-bond acceptors (Lipinski definition) is 4. The van der Waals surface area contributed by atoms with E-state index in [2.05, 4.69) is 31.2 Å². The number of carbonyl (C=O) groups is 1. The minimum Gasteiger partial charge on any atom is -0.481 e. The molecule has 3 aromatic rings. The van der Waals surface area contributed by atoms with Crippen molar-refractivity contribution >= 4 is 38.6 Å². The second-order valence-electron chi connectivity index (χ2n) is 5.37. The quantitative estimate of drug-likeness (QED) is 0.581. The number of hydrogen-bond donors (Lipinski definition) is 3. The normalized spacial score (nSPS) is 11.9. The van der Waals surface area contributed by atoms with Crippen molar-refractivity contribution in [1.82, 2.24) is 9.97 Å². The van der Waals surface area contributed by atoms with Crippen LogP contribution in [0.4, 0.5) is 5.69 Å². The first-order valence-corrected chi connectivity index (χ1v) is 8.21. The Bertz CT molecular complexity index is 1040. The van der Waals surface area contributed by atoms with Gasteiger partial charge in [-0.2, -0.15) is 0 Å². The van der Waals surface area contributed by atoms with E-state index in [0.29, 0.717) is 22.5 Å². The fourth-order valence-corrected chi connectivity index (χ4v) is 2.47. The smallest absolute Gasteiger partial charge is 0.314 e. The van der Waals surface area contributed by atoms with Gasteiger partial charge in [0.1, 0.15) is 5.75 Å². The van der Waals surface area contributed by atoms with Crippen LogP contribution in [0.1, 0.15) is 6.92 Å². The lowest BCUT2D eigenvalue weighted by Crippen LogP contribution is -2.30. The average Bonchev–Trinajstić information content (AvgIpc) is 2.58. The van der Waals surface area contributed by atoms with Crippen LogP contribution < -0.4 is 21.2 Å². The van der Waals surface area contributed by atoms with Gasteiger partial charge >= 0.3 is 11.1 Å². The average molecular weight is 404 g/mol. The van der Waals surface area contributed by atoms with Crippen molar-refractivity contribution in [2.24, 2.45) is 0 Å². The number of rotatable bonds is 4. The van der Waals surface area contributed by atoms with Gasteiger partial charge in [-0.1, -0.05) is 15.9 Å². The summed E-state index contributed by atoms with van der Waals surface area (Å²) in [5, 5.41) is 2.71. The molecule has 0 fully saturated rings. The molecule has 128 valence electrons. The van der Waals surface area contributed by atoms with E-state index in [9.17, 15) is 14.4 Å². The first-order valence-electron chi connectivity index (χ1n) is 7.42. The number of carbonyl (C=O) groups excluding carboxylic acids is 1. The SMILES string of the molecule is C[C@@H](Oc1ccc(Br)cc1)C(=O)Nc1ccc2[nH]c(=O)c(=O)[nH]c2c1. The van der Waals surface area contributed by atoms with E-state index in [4.69, 9.17) is 4.74 Å². The summed E-state index contributed by atoms with van der Waals surface area (Å²) in [5.74, 6) is 0.236. The second kappa shape index (κ2) is 6.94. The molecule has 0 aliphatic heterocycles. The van der Waals surface area contributed by atoms with Gasteiger partial charge < -0.3 is 20.0 Å². The van der Waals surface area contributed by atoms with Gasteiger partial charge in [0.2, 0.25) is 0 Å². The van der Waals surface area contributed by atoms with E-state index in [-0.39, 0.29) is 5.91 Å². The fourth-order valence-electron chi connectivity index (χ4n) is 2.21. The number of ether oxygens (including phenoxy) is 1. The minimum absolute atomic E-state index is 0.339. The summed E-state index contributed by atoms with van der Waals surface area (Å²) in [4.78, 5) is 39.9. The Morgan fingerprint density at radius 3 is 2.36 bits per heavy atom. The van der Waals surface area contributed by atoms with E-state index >= 15 is 0 Å². The van der Waals surface area contributed by atoms with E-state index in [1.165, 1.54) is 0 Å². The third-order valence-electron chi connectivity index (χ3n) is 3.49. The highest BCUT2D eigenvalue weighted by molar-refractivity contribution is 9.10. The van der Waals surface area contributed by atoms with E-state index < -0.39 is 17.2 Å². The van der Waals surface area contributed by atoms with Crippen molar-refractivity contribution in [3.63, 3.8) is 0 Å². The Balaban J connectivity index is 1.74. The molecule has 25 heavy (non-hydrogen) atoms. The van der Waals surface area contributed by atoms with Gasteiger partial charge in [0, 0.05) is 10.2 Å². The summed E-state index contributed by atoms with van der Waals surface area (Å²) in [6.07, 6.45) is -0.716. The summed E-state index contributed by atoms with van der Waals surface area (Å²) in [6.45, 7) is 1.64. The van der Waals surface area contributed by atoms with Crippen LogP contribution in [-0.4, -0.2) is 22.0 Å². The molecule has 3 rings (SSSR count). The van der Waals surface area contributed by atoms with Gasteiger partial charge in [-0.3, -0.25) is 14.4 Å². The maximum Gasteiger partial charge on any atom is 0.314 e. The van der Waals surface area contributed by atoms with Crippen molar-refractivity contribution in [3.8, 4) is 5.75 Å². The van der Waals surface area contributed by atoms with Crippen LogP contribution >= 0.6 is 15.9 Å². The van der Waals surface area contributed by atoms with Crippen molar-refractivity contribution in [2.75, 3.05) is 5.32 Å². The third-order valence-corrected chi connectivity index (χ3v) is 4.01. The van der Waals surface area contributed by atoms with Crippen molar-refractivity contribution in [1.29, 1.82) is 0 Å². The van der Waals surface area contributed by atoms with Crippen molar-refractivity contribution in [2.45, 2.75) is 13.0 Å². The number of anilines is 1. The van der Waals surface area contributed by atoms with E-state index in [1.807, 2.05) is 12.1 Å². The number of fused-ring (bicyclic) bond motifs is 1. The van der Waals surface area contributed by atoms with Crippen molar-refractivity contribution in [3.05, 3.63) is 67.6 Å². The number of H-pyrrole nitrogens is 2. The molecule has 1 atom stereocenters. The van der Waals surface area contributed by atoms with Crippen LogP contribution in [0.15, 0.2) is 56.5 Å². The number of amides is 1. The molecule has 1 aromatic heterocycles. The Morgan fingerprint density at radius 2 is 1.68 bits per heavy atom. The lowest BCUT2D eigenvalue weighted by atomic mass is 10.2. The fraction of sp³-hybridized carbons (Fsp3) is 0.118. The molecule has 1 heterocycles. The van der Waals surface area contributed by atoms with Gasteiger partial charge in [0.25, 0.3) is 5.91 Å². The number of halogens is 1. The Morgan fingerprint density at radius 1 is 1.04 bits per heavy atom. The molecule has 7 nitrogen and oxygen atoms in total. The molecule has 0 radical (unpaired) electrons. The topological polar surface area (TPSA) is 104 Å². The maximum atomic E-state index is 12.3. The predicted molar refractivity (Wildman–Crippen MR) is 98.1 cm³/mol. The third kappa shape index (κ3) is 3.97. The Hall–Kier alpha value is -2.87. The van der Waals surface area contributed by atoms with E-state index in [1.54, 1.807) is 37.3 Å². The maximum absolute atomic E-state index is 12.3. The molecule has 1 amide bonds. The van der Waals surface area contributed by atoms with E-state index in [0.717, 1.165) is 4.47 Å². The summed E-state index contributed by atoms with van der Waals surface area (Å²) in [6, 6.07) is 11.9. The molecule has 0 unspecified atom stereocenters. The standard InChI is InChI=1S/C17H14BrN3O4/c1-9(25-12-5-2-10(18)3-6-12)15(22)19-11-4-7-13-14(8-11)21-17(24)16(23)20-13/h2-9H,1H3,(H,19,22)(H,20,23)(H,21,24)/t9-/m1/s1. The molecule has 0 saturated heterocycles. The minimum atomic E-state index is -0.747. The van der Waals surface area contributed by atoms with Crippen molar-refractivity contribution < 1.29 is 9.53 Å². The zero-order valence-corrected chi connectivity index (χ0v) is 14.7. The van der Waals surface area contributed by atoms with Gasteiger partial charge in [-0.15, -0.1) is 0 Å². The van der Waals surface area contributed by atoms with Gasteiger partial charge in [0.15, 0.2) is 6.10 Å². The number of aromatic amines is 2. The number of nitrogens with one attached hydrogen (secondary N) is 3. The monoisotopic (exact) mass is 403 g/mol. The largest absolute Gasteiger partial charge is 0.481 e. The zero-order chi connectivity index (χ0) is 18.0. The summed E-state index contributed by atoms with van der Waals surface area (Å²) in [5.41, 5.74) is -0.0965. The van der Waals surface area contributed by atoms with Gasteiger partial charge in [-0.05, 0) is 49.4 Å². The molecule has 3 N–H and O–H groups in total. The molecule has 0 spiro atoms. The lowest BCUT2D eigenvalue weighted by molar-refractivity contribution is -0.122. The lowest BCUT2D eigenvalue weighted by Gasteiger charge is -2.15. The van der Waals surface area contributed by atoms with Crippen LogP contribution in [0.25, 0.3) is 11.0 Å². The molecule has 0 aliphatic rings. The van der Waals surface area contributed by atoms with Crippen LogP contribution in [-0.2, 0) is 4.79 Å². The molecule has 0 bridgehead atoms. The molecule has 2 aromatic carbocycles. The molecule has 8 heteroatoms. The van der Waals surface area contributed by atoms with Crippen LogP contribution in [0.5, 0.6) is 5.75 Å². The molecular weight excluding hydrogens is 390 g/mol. The summed E-state index contributed by atoms with van der Waals surface area (Å²) in [7, 11) is 0. The predicted octanol–water partition coefficient (Wildman–Crippen LogP) is 2.38. The highest BCUT2D eigenvalue weighted by atomic mass is 79.9. The molecule has 0 saturated carbocycles. The highest BCUT2D eigenvalue weighted by Crippen LogP contribution is 2.18. The highest BCUT2D eigenvalue weighted by Gasteiger charge is 2.15. The number of aromatic nitrogens is 2. The van der Waals surface area contributed by atoms with Gasteiger partial charge in [-0.25, -0.2) is 0 Å². The molecular formula is C17H14BrN3O4. The molecule has 0 aliphatic carbocycles. The first kappa shape index (κ1) is 17.0. The zero-order valence-electron chi connectivity index (χ0n) is 13.1.